The number of rotatable bonds is 5. The van der Waals surface area contributed by atoms with Crippen molar-refractivity contribution in [1.29, 1.82) is 0 Å². The van der Waals surface area contributed by atoms with Gasteiger partial charge in [-0.3, -0.25) is 0 Å². The summed E-state index contributed by atoms with van der Waals surface area (Å²) in [6, 6.07) is 2.69. The summed E-state index contributed by atoms with van der Waals surface area (Å²) in [5, 5.41) is 14.6. The first kappa shape index (κ1) is 11.7. The minimum Gasteiger partial charge on any atom is -0.395 e. The van der Waals surface area contributed by atoms with Crippen LogP contribution in [0.2, 0.25) is 0 Å². The minimum atomic E-state index is 0.214. The molecule has 1 heterocycles. The first-order chi connectivity index (χ1) is 6.69. The van der Waals surface area contributed by atoms with Crippen LogP contribution in [0.5, 0.6) is 0 Å². The number of aliphatic hydroxyl groups excluding tert-OH is 1. The first-order valence-electron chi connectivity index (χ1n) is 5.10. The molecule has 0 saturated heterocycles. The maximum absolute atomic E-state index is 9.08. The summed E-state index contributed by atoms with van der Waals surface area (Å²) in [5.41, 5.74) is 1.34. The first-order valence-corrected chi connectivity index (χ1v) is 5.97. The molecule has 0 aliphatic rings. The van der Waals surface area contributed by atoms with Crippen molar-refractivity contribution < 1.29 is 5.11 Å². The fraction of sp³-hybridized carbons (Fsp3) is 0.636. The van der Waals surface area contributed by atoms with Crippen LogP contribution < -0.4 is 5.32 Å². The largest absolute Gasteiger partial charge is 0.395 e. The Balaban J connectivity index is 2.58. The predicted molar refractivity (Wildman–Crippen MR) is 61.8 cm³/mol. The number of thiophene rings is 1. The summed E-state index contributed by atoms with van der Waals surface area (Å²) in [6.07, 6.45) is 0.964. The van der Waals surface area contributed by atoms with E-state index in [9.17, 15) is 0 Å². The van der Waals surface area contributed by atoms with Crippen LogP contribution in [0, 0.1) is 6.92 Å². The van der Waals surface area contributed by atoms with E-state index in [1.807, 2.05) is 0 Å². The maximum atomic E-state index is 9.08. The zero-order valence-corrected chi connectivity index (χ0v) is 9.90. The average molecular weight is 213 g/mol. The van der Waals surface area contributed by atoms with Crippen molar-refractivity contribution >= 4 is 11.3 Å². The molecule has 0 spiro atoms. The van der Waals surface area contributed by atoms with Gasteiger partial charge in [-0.05, 0) is 37.3 Å². The molecular weight excluding hydrogens is 194 g/mol. The van der Waals surface area contributed by atoms with Crippen LogP contribution in [0.3, 0.4) is 0 Å². The maximum Gasteiger partial charge on any atom is 0.0584 e. The molecule has 0 aliphatic carbocycles. The second-order valence-electron chi connectivity index (χ2n) is 3.64. The molecule has 2 atom stereocenters. The van der Waals surface area contributed by atoms with E-state index in [0.717, 1.165) is 6.42 Å². The highest BCUT2D eigenvalue weighted by atomic mass is 32.1. The zero-order valence-electron chi connectivity index (χ0n) is 9.08. The molecule has 80 valence electrons. The van der Waals surface area contributed by atoms with Gasteiger partial charge >= 0.3 is 0 Å². The van der Waals surface area contributed by atoms with Crippen LogP contribution in [-0.2, 0) is 0 Å². The lowest BCUT2D eigenvalue weighted by Crippen LogP contribution is -2.33. The predicted octanol–water partition coefficient (Wildman–Crippen LogP) is 2.48. The molecule has 0 radical (unpaired) electrons. The van der Waals surface area contributed by atoms with E-state index in [4.69, 9.17) is 5.11 Å². The van der Waals surface area contributed by atoms with Gasteiger partial charge in [0.25, 0.3) is 0 Å². The van der Waals surface area contributed by atoms with E-state index in [-0.39, 0.29) is 12.6 Å². The molecule has 0 bridgehead atoms. The smallest absolute Gasteiger partial charge is 0.0584 e. The third-order valence-electron chi connectivity index (χ3n) is 2.49. The summed E-state index contributed by atoms with van der Waals surface area (Å²) in [5.74, 6) is 0. The molecule has 1 aromatic rings. The van der Waals surface area contributed by atoms with Gasteiger partial charge in [0.1, 0.15) is 0 Å². The third kappa shape index (κ3) is 2.80. The van der Waals surface area contributed by atoms with Crippen molar-refractivity contribution in [1.82, 2.24) is 5.32 Å². The molecule has 14 heavy (non-hydrogen) atoms. The molecule has 3 heteroatoms. The van der Waals surface area contributed by atoms with Gasteiger partial charge in [-0.15, -0.1) is 11.3 Å². The summed E-state index contributed by atoms with van der Waals surface area (Å²) in [7, 11) is 0. The Kier molecular flexibility index (Phi) is 4.58. The molecule has 0 fully saturated rings. The van der Waals surface area contributed by atoms with Gasteiger partial charge in [-0.25, -0.2) is 0 Å². The van der Waals surface area contributed by atoms with E-state index in [0.29, 0.717) is 6.04 Å². The molecule has 0 saturated carbocycles. The Morgan fingerprint density at radius 3 is 2.71 bits per heavy atom. The van der Waals surface area contributed by atoms with Crippen molar-refractivity contribution in [2.75, 3.05) is 6.61 Å². The lowest BCUT2D eigenvalue weighted by atomic mass is 10.1. The van der Waals surface area contributed by atoms with Crippen molar-refractivity contribution in [2.45, 2.75) is 39.3 Å². The van der Waals surface area contributed by atoms with Crippen LogP contribution in [0.15, 0.2) is 11.4 Å². The van der Waals surface area contributed by atoms with Crippen LogP contribution in [0.4, 0.5) is 0 Å². The Bertz CT molecular complexity index is 268. The molecule has 1 aromatic heterocycles. The van der Waals surface area contributed by atoms with Crippen molar-refractivity contribution in [2.24, 2.45) is 0 Å². The second kappa shape index (κ2) is 5.49. The summed E-state index contributed by atoms with van der Waals surface area (Å²) < 4.78 is 0. The third-order valence-corrected chi connectivity index (χ3v) is 3.70. The van der Waals surface area contributed by atoms with Crippen LogP contribution in [0.25, 0.3) is 0 Å². The van der Waals surface area contributed by atoms with Gasteiger partial charge in [0.2, 0.25) is 0 Å². The fourth-order valence-corrected chi connectivity index (χ4v) is 2.50. The Labute approximate surface area is 90.0 Å². The van der Waals surface area contributed by atoms with Gasteiger partial charge in [-0.2, -0.15) is 0 Å². The average Bonchev–Trinajstić information content (AvgIpc) is 2.60. The van der Waals surface area contributed by atoms with Gasteiger partial charge in [0.15, 0.2) is 0 Å². The minimum absolute atomic E-state index is 0.214. The number of aliphatic hydroxyl groups is 1. The Morgan fingerprint density at radius 1 is 1.57 bits per heavy atom. The normalized spacial score (nSPS) is 15.4. The van der Waals surface area contributed by atoms with Gasteiger partial charge in [-0.1, -0.05) is 6.92 Å². The standard InChI is InChI=1S/C11H19NOS/c1-4-10(7-13)12-9(3)11-8(2)5-6-14-11/h5-6,9-10,12-13H,4,7H2,1-3H3/t9-,10-/m1/s1. The lowest BCUT2D eigenvalue weighted by molar-refractivity contribution is 0.230. The number of hydrogen-bond acceptors (Lipinski definition) is 3. The van der Waals surface area contributed by atoms with Crippen LogP contribution in [-0.4, -0.2) is 17.8 Å². The Hall–Kier alpha value is -0.380. The molecule has 0 aliphatic heterocycles. The summed E-state index contributed by atoms with van der Waals surface area (Å²) in [6.45, 7) is 6.58. The molecule has 1 rings (SSSR count). The molecule has 0 unspecified atom stereocenters. The van der Waals surface area contributed by atoms with E-state index in [1.54, 1.807) is 11.3 Å². The monoisotopic (exact) mass is 213 g/mol. The SMILES string of the molecule is CC[C@H](CO)N[C@H](C)c1sccc1C. The zero-order chi connectivity index (χ0) is 10.6. The number of aryl methyl sites for hydroxylation is 1. The van der Waals surface area contributed by atoms with Gasteiger partial charge in [0.05, 0.1) is 6.61 Å². The second-order valence-corrected chi connectivity index (χ2v) is 4.59. The van der Waals surface area contributed by atoms with Crippen molar-refractivity contribution in [3.05, 3.63) is 21.9 Å². The fourth-order valence-electron chi connectivity index (χ4n) is 1.56. The molecule has 0 aromatic carbocycles. The summed E-state index contributed by atoms with van der Waals surface area (Å²) in [4.78, 5) is 1.37. The number of hydrogen-bond donors (Lipinski definition) is 2. The summed E-state index contributed by atoms with van der Waals surface area (Å²) >= 11 is 1.78. The molecule has 2 N–H and O–H groups in total. The number of nitrogens with one attached hydrogen (secondary N) is 1. The topological polar surface area (TPSA) is 32.3 Å². The van der Waals surface area contributed by atoms with Crippen LogP contribution >= 0.6 is 11.3 Å². The Morgan fingerprint density at radius 2 is 2.29 bits per heavy atom. The highest BCUT2D eigenvalue weighted by molar-refractivity contribution is 7.10. The van der Waals surface area contributed by atoms with Gasteiger partial charge < -0.3 is 10.4 Å². The van der Waals surface area contributed by atoms with E-state index in [1.165, 1.54) is 10.4 Å². The highest BCUT2D eigenvalue weighted by Gasteiger charge is 2.13. The van der Waals surface area contributed by atoms with Crippen molar-refractivity contribution in [3.63, 3.8) is 0 Å². The highest BCUT2D eigenvalue weighted by Crippen LogP contribution is 2.23. The lowest BCUT2D eigenvalue weighted by Gasteiger charge is -2.20. The van der Waals surface area contributed by atoms with Crippen LogP contribution in [0.1, 0.15) is 36.8 Å². The quantitative estimate of drug-likeness (QED) is 0.787. The van der Waals surface area contributed by atoms with E-state index < -0.39 is 0 Å². The van der Waals surface area contributed by atoms with Crippen molar-refractivity contribution in [3.8, 4) is 0 Å². The van der Waals surface area contributed by atoms with E-state index >= 15 is 0 Å². The molecular formula is C11H19NOS. The van der Waals surface area contributed by atoms with E-state index in [2.05, 4.69) is 37.5 Å². The van der Waals surface area contributed by atoms with Gasteiger partial charge in [0, 0.05) is 17.0 Å². The molecule has 2 nitrogen and oxygen atoms in total. The molecule has 0 amide bonds.